The lowest BCUT2D eigenvalue weighted by Crippen LogP contribution is -2.24. The molecule has 4 rings (SSSR count). The second-order valence-corrected chi connectivity index (χ2v) is 8.55. The minimum atomic E-state index is -0.00687. The van der Waals surface area contributed by atoms with Gasteiger partial charge >= 0.3 is 0 Å². The Hall–Kier alpha value is -2.38. The second kappa shape index (κ2) is 7.70. The number of amides is 1. The predicted octanol–water partition coefficient (Wildman–Crippen LogP) is 4.22. The summed E-state index contributed by atoms with van der Waals surface area (Å²) in [5, 5.41) is 12.5. The Bertz CT molecular complexity index is 1100. The van der Waals surface area contributed by atoms with Gasteiger partial charge in [0.2, 0.25) is 5.91 Å². The van der Waals surface area contributed by atoms with Crippen LogP contribution in [0.4, 0.5) is 0 Å². The molecular weight excluding hydrogens is 376 g/mol. The maximum absolute atomic E-state index is 12.2. The van der Waals surface area contributed by atoms with Gasteiger partial charge in [-0.25, -0.2) is 0 Å². The van der Waals surface area contributed by atoms with Crippen LogP contribution in [-0.4, -0.2) is 26.3 Å². The van der Waals surface area contributed by atoms with Crippen molar-refractivity contribution in [3.05, 3.63) is 58.7 Å². The Kier molecular flexibility index (Phi) is 5.13. The quantitative estimate of drug-likeness (QED) is 0.496. The summed E-state index contributed by atoms with van der Waals surface area (Å²) in [6.07, 6.45) is 0.810. The third-order valence-corrected chi connectivity index (χ3v) is 6.29. The molecule has 0 atom stereocenters. The lowest BCUT2D eigenvalue weighted by Gasteiger charge is -2.08. The molecule has 27 heavy (non-hydrogen) atoms. The van der Waals surface area contributed by atoms with E-state index < -0.39 is 0 Å². The zero-order valence-corrected chi connectivity index (χ0v) is 16.9. The van der Waals surface area contributed by atoms with Crippen molar-refractivity contribution in [3.63, 3.8) is 0 Å². The minimum Gasteiger partial charge on any atom is -0.351 e. The molecule has 3 aromatic heterocycles. The van der Waals surface area contributed by atoms with Crippen molar-refractivity contribution in [2.75, 3.05) is 5.75 Å². The van der Waals surface area contributed by atoms with E-state index in [4.69, 9.17) is 0 Å². The first kappa shape index (κ1) is 18.0. The highest BCUT2D eigenvalue weighted by atomic mass is 32.2. The van der Waals surface area contributed by atoms with E-state index in [2.05, 4.69) is 45.9 Å². The van der Waals surface area contributed by atoms with Crippen LogP contribution >= 0.6 is 23.1 Å². The molecule has 1 N–H and O–H groups in total. The first-order valence-electron chi connectivity index (χ1n) is 8.86. The largest absolute Gasteiger partial charge is 0.351 e. The number of hydrogen-bond donors (Lipinski definition) is 1. The fourth-order valence-electron chi connectivity index (χ4n) is 3.06. The molecule has 7 heteroatoms. The van der Waals surface area contributed by atoms with E-state index in [0.717, 1.165) is 28.4 Å². The van der Waals surface area contributed by atoms with Gasteiger partial charge in [0.25, 0.3) is 0 Å². The van der Waals surface area contributed by atoms with Crippen LogP contribution in [0.3, 0.4) is 0 Å². The molecule has 0 aliphatic carbocycles. The summed E-state index contributed by atoms with van der Waals surface area (Å²) in [6, 6.07) is 14.3. The Labute approximate surface area is 165 Å². The molecular formula is C20H20N4OS2. The van der Waals surface area contributed by atoms with E-state index in [1.165, 1.54) is 26.9 Å². The molecule has 1 amide bonds. The zero-order chi connectivity index (χ0) is 18.8. The van der Waals surface area contributed by atoms with E-state index in [-0.39, 0.29) is 5.91 Å². The lowest BCUT2D eigenvalue weighted by molar-refractivity contribution is -0.118. The Morgan fingerprint density at radius 1 is 1.19 bits per heavy atom. The number of hydrogen-bond acceptors (Lipinski definition) is 5. The van der Waals surface area contributed by atoms with Crippen LogP contribution in [-0.2, 0) is 17.8 Å². The Morgan fingerprint density at radius 2 is 2.00 bits per heavy atom. The Morgan fingerprint density at radius 3 is 2.78 bits per heavy atom. The number of thiophene rings is 1. The summed E-state index contributed by atoms with van der Waals surface area (Å²) in [5.41, 5.74) is 3.30. The van der Waals surface area contributed by atoms with Gasteiger partial charge in [0.05, 0.1) is 21.5 Å². The molecule has 3 heterocycles. The molecule has 0 saturated heterocycles. The highest BCUT2D eigenvalue weighted by Crippen LogP contribution is 2.32. The molecule has 138 valence electrons. The number of carbonyl (C=O) groups is 1. The van der Waals surface area contributed by atoms with E-state index >= 15 is 0 Å². The number of aryl methyl sites for hydroxylation is 2. The number of carbonyl (C=O) groups excluding carboxylic acids is 1. The molecule has 0 aliphatic heterocycles. The van der Waals surface area contributed by atoms with Crippen molar-refractivity contribution >= 4 is 44.7 Å². The van der Waals surface area contributed by atoms with Crippen LogP contribution in [0.25, 0.3) is 15.7 Å². The van der Waals surface area contributed by atoms with Gasteiger partial charge in [-0.3, -0.25) is 9.20 Å². The standard InChI is InChI=1S/C20H20N4OS2/c1-3-18-22-23-20(16-10-17-15(24(16)18)9-13(2)27-17)26-12-19(25)21-11-14-7-5-4-6-8-14/h4-10H,3,11-12H2,1-2H3,(H,21,25). The molecule has 0 radical (unpaired) electrons. The van der Waals surface area contributed by atoms with Gasteiger partial charge in [-0.15, -0.1) is 21.5 Å². The molecule has 5 nitrogen and oxygen atoms in total. The van der Waals surface area contributed by atoms with Crippen LogP contribution in [0.1, 0.15) is 23.2 Å². The zero-order valence-electron chi connectivity index (χ0n) is 15.2. The number of benzene rings is 1. The van der Waals surface area contributed by atoms with E-state index in [1.807, 2.05) is 30.3 Å². The van der Waals surface area contributed by atoms with Crippen molar-refractivity contribution < 1.29 is 4.79 Å². The number of aromatic nitrogens is 3. The molecule has 1 aromatic carbocycles. The molecule has 0 spiro atoms. The topological polar surface area (TPSA) is 59.3 Å². The lowest BCUT2D eigenvalue weighted by atomic mass is 10.2. The maximum Gasteiger partial charge on any atom is 0.230 e. The molecule has 4 aromatic rings. The minimum absolute atomic E-state index is 0.00687. The molecule has 0 fully saturated rings. The van der Waals surface area contributed by atoms with Crippen molar-refractivity contribution in [1.82, 2.24) is 19.9 Å². The monoisotopic (exact) mass is 396 g/mol. The smallest absolute Gasteiger partial charge is 0.230 e. The molecule has 0 bridgehead atoms. The average Bonchev–Trinajstić information content (AvgIpc) is 3.21. The predicted molar refractivity (Wildman–Crippen MR) is 111 cm³/mol. The number of nitrogens with one attached hydrogen (secondary N) is 1. The van der Waals surface area contributed by atoms with E-state index in [9.17, 15) is 4.79 Å². The summed E-state index contributed by atoms with van der Waals surface area (Å²) in [5.74, 6) is 1.25. The van der Waals surface area contributed by atoms with Gasteiger partial charge < -0.3 is 5.32 Å². The van der Waals surface area contributed by atoms with Gasteiger partial charge in [-0.2, -0.15) is 0 Å². The number of nitrogens with zero attached hydrogens (tertiary/aromatic N) is 3. The first-order valence-corrected chi connectivity index (χ1v) is 10.7. The number of thioether (sulfide) groups is 1. The van der Waals surface area contributed by atoms with Gasteiger partial charge in [0, 0.05) is 17.8 Å². The van der Waals surface area contributed by atoms with Gasteiger partial charge in [-0.05, 0) is 24.6 Å². The third kappa shape index (κ3) is 3.70. The fourth-order valence-corrected chi connectivity index (χ4v) is 4.77. The second-order valence-electron chi connectivity index (χ2n) is 6.30. The highest BCUT2D eigenvalue weighted by Gasteiger charge is 2.15. The van der Waals surface area contributed by atoms with Crippen LogP contribution < -0.4 is 5.32 Å². The van der Waals surface area contributed by atoms with Crippen LogP contribution in [0.2, 0.25) is 0 Å². The van der Waals surface area contributed by atoms with Gasteiger partial charge in [-0.1, -0.05) is 49.0 Å². The summed E-state index contributed by atoms with van der Waals surface area (Å²) in [7, 11) is 0. The number of rotatable bonds is 6. The summed E-state index contributed by atoms with van der Waals surface area (Å²) >= 11 is 3.20. The molecule has 0 unspecified atom stereocenters. The van der Waals surface area contributed by atoms with E-state index in [1.54, 1.807) is 11.3 Å². The van der Waals surface area contributed by atoms with Crippen molar-refractivity contribution in [1.29, 1.82) is 0 Å². The highest BCUT2D eigenvalue weighted by molar-refractivity contribution is 8.00. The van der Waals surface area contributed by atoms with Crippen LogP contribution in [0.5, 0.6) is 0 Å². The average molecular weight is 397 g/mol. The third-order valence-electron chi connectivity index (χ3n) is 4.34. The normalized spacial score (nSPS) is 11.3. The summed E-state index contributed by atoms with van der Waals surface area (Å²) in [6.45, 7) is 4.73. The SMILES string of the molecule is CCc1nnc(SCC(=O)NCc2ccccc2)c2cc3sc(C)cc3n12. The maximum atomic E-state index is 12.2. The summed E-state index contributed by atoms with van der Waals surface area (Å²) < 4.78 is 3.41. The number of fused-ring (bicyclic) bond motifs is 3. The van der Waals surface area contributed by atoms with Gasteiger partial charge in [0.15, 0.2) is 0 Å². The first-order chi connectivity index (χ1) is 13.2. The van der Waals surface area contributed by atoms with Gasteiger partial charge in [0.1, 0.15) is 10.9 Å². The van der Waals surface area contributed by atoms with Crippen LogP contribution in [0.15, 0.2) is 47.5 Å². The van der Waals surface area contributed by atoms with E-state index in [0.29, 0.717) is 12.3 Å². The molecule has 0 aliphatic rings. The fraction of sp³-hybridized carbons (Fsp3) is 0.250. The molecule has 0 saturated carbocycles. The Balaban J connectivity index is 1.52. The van der Waals surface area contributed by atoms with Crippen molar-refractivity contribution in [2.24, 2.45) is 0 Å². The summed E-state index contributed by atoms with van der Waals surface area (Å²) in [4.78, 5) is 13.5. The van der Waals surface area contributed by atoms with Crippen molar-refractivity contribution in [2.45, 2.75) is 31.8 Å². The van der Waals surface area contributed by atoms with Crippen molar-refractivity contribution in [3.8, 4) is 0 Å². The van der Waals surface area contributed by atoms with Crippen LogP contribution in [0, 0.1) is 6.92 Å².